The normalized spacial score (nSPS) is 10.7. The van der Waals surface area contributed by atoms with Crippen LogP contribution in [0.3, 0.4) is 0 Å². The first-order valence-electron chi connectivity index (χ1n) is 8.54. The molecule has 2 aromatic carbocycles. The average molecular weight is 370 g/mol. The summed E-state index contributed by atoms with van der Waals surface area (Å²) in [6.45, 7) is 2.55. The molecule has 26 heavy (non-hydrogen) atoms. The molecule has 0 unspecified atom stereocenters. The lowest BCUT2D eigenvalue weighted by molar-refractivity contribution is -0.123. The maximum Gasteiger partial charge on any atom is 0.257 e. The largest absolute Gasteiger partial charge is 0.493 e. The van der Waals surface area contributed by atoms with Crippen molar-refractivity contribution < 1.29 is 14.3 Å². The van der Waals surface area contributed by atoms with Crippen LogP contribution in [0.1, 0.15) is 17.0 Å². The van der Waals surface area contributed by atoms with Gasteiger partial charge in [0.05, 0.1) is 22.3 Å². The van der Waals surface area contributed by atoms with Crippen LogP contribution in [-0.2, 0) is 11.2 Å². The predicted molar refractivity (Wildman–Crippen MR) is 104 cm³/mol. The van der Waals surface area contributed by atoms with Gasteiger partial charge >= 0.3 is 0 Å². The molecule has 0 bridgehead atoms. The van der Waals surface area contributed by atoms with Crippen molar-refractivity contribution in [3.63, 3.8) is 0 Å². The van der Waals surface area contributed by atoms with Crippen LogP contribution in [-0.4, -0.2) is 31.2 Å². The summed E-state index contributed by atoms with van der Waals surface area (Å²) in [4.78, 5) is 16.5. The topological polar surface area (TPSA) is 60.5 Å². The van der Waals surface area contributed by atoms with Crippen molar-refractivity contribution >= 4 is 27.5 Å². The van der Waals surface area contributed by atoms with Crippen LogP contribution in [0, 0.1) is 6.92 Å². The lowest BCUT2D eigenvalue weighted by Gasteiger charge is -2.11. The molecule has 0 aliphatic rings. The van der Waals surface area contributed by atoms with Crippen molar-refractivity contribution in [1.82, 2.24) is 10.3 Å². The van der Waals surface area contributed by atoms with Crippen LogP contribution in [0.15, 0.2) is 42.5 Å². The SMILES string of the molecule is COc1cc(C)ccc1OCC(=O)NCCCc1nc2ccccc2s1. The Hall–Kier alpha value is -2.60. The van der Waals surface area contributed by atoms with Gasteiger partial charge in [0.15, 0.2) is 18.1 Å². The van der Waals surface area contributed by atoms with E-state index in [1.165, 1.54) is 4.70 Å². The highest BCUT2D eigenvalue weighted by atomic mass is 32.1. The zero-order valence-corrected chi connectivity index (χ0v) is 15.8. The van der Waals surface area contributed by atoms with Crippen molar-refractivity contribution in [3.8, 4) is 11.5 Å². The molecule has 0 atom stereocenters. The fraction of sp³-hybridized carbons (Fsp3) is 0.300. The molecule has 0 fully saturated rings. The summed E-state index contributed by atoms with van der Waals surface area (Å²) >= 11 is 1.71. The number of aryl methyl sites for hydroxylation is 2. The molecule has 0 aliphatic carbocycles. The molecule has 6 heteroatoms. The smallest absolute Gasteiger partial charge is 0.257 e. The summed E-state index contributed by atoms with van der Waals surface area (Å²) in [6.07, 6.45) is 1.70. The molecule has 0 saturated heterocycles. The van der Waals surface area contributed by atoms with Crippen molar-refractivity contribution in [2.45, 2.75) is 19.8 Å². The van der Waals surface area contributed by atoms with E-state index in [0.717, 1.165) is 28.9 Å². The molecule has 0 spiro atoms. The maximum atomic E-state index is 11.9. The van der Waals surface area contributed by atoms with Gasteiger partial charge in [-0.15, -0.1) is 11.3 Å². The third-order valence-corrected chi connectivity index (χ3v) is 5.00. The van der Waals surface area contributed by atoms with E-state index in [1.807, 2.05) is 43.3 Å². The second-order valence-electron chi connectivity index (χ2n) is 5.97. The lowest BCUT2D eigenvalue weighted by Crippen LogP contribution is -2.30. The molecule has 0 aliphatic heterocycles. The third-order valence-electron chi connectivity index (χ3n) is 3.91. The van der Waals surface area contributed by atoms with Gasteiger partial charge in [0.1, 0.15) is 0 Å². The number of carbonyl (C=O) groups is 1. The van der Waals surface area contributed by atoms with Crippen LogP contribution < -0.4 is 14.8 Å². The van der Waals surface area contributed by atoms with E-state index in [0.29, 0.717) is 18.0 Å². The zero-order valence-electron chi connectivity index (χ0n) is 15.0. The number of carbonyl (C=O) groups excluding carboxylic acids is 1. The maximum absolute atomic E-state index is 11.9. The Balaban J connectivity index is 1.40. The molecule has 136 valence electrons. The molecule has 0 saturated carbocycles. The monoisotopic (exact) mass is 370 g/mol. The molecular weight excluding hydrogens is 348 g/mol. The summed E-state index contributed by atoms with van der Waals surface area (Å²) in [5.74, 6) is 1.06. The Morgan fingerprint density at radius 2 is 2.04 bits per heavy atom. The molecule has 1 amide bonds. The summed E-state index contributed by atoms with van der Waals surface area (Å²) in [5.41, 5.74) is 2.12. The number of ether oxygens (including phenoxy) is 2. The summed E-state index contributed by atoms with van der Waals surface area (Å²) in [7, 11) is 1.59. The third kappa shape index (κ3) is 4.73. The Labute approximate surface area is 157 Å². The van der Waals surface area contributed by atoms with Gasteiger partial charge in [-0.3, -0.25) is 4.79 Å². The van der Waals surface area contributed by atoms with Crippen molar-refractivity contribution in [3.05, 3.63) is 53.0 Å². The van der Waals surface area contributed by atoms with Crippen molar-refractivity contribution in [2.75, 3.05) is 20.3 Å². The number of fused-ring (bicyclic) bond motifs is 1. The zero-order chi connectivity index (χ0) is 18.4. The first-order valence-corrected chi connectivity index (χ1v) is 9.36. The Bertz CT molecular complexity index is 859. The van der Waals surface area contributed by atoms with Gasteiger partial charge in [0.2, 0.25) is 0 Å². The molecule has 1 aromatic heterocycles. The quantitative estimate of drug-likeness (QED) is 0.614. The number of thiazole rings is 1. The lowest BCUT2D eigenvalue weighted by atomic mass is 10.2. The minimum atomic E-state index is -0.142. The number of aromatic nitrogens is 1. The average Bonchev–Trinajstić information content (AvgIpc) is 3.07. The van der Waals surface area contributed by atoms with Crippen LogP contribution in [0.2, 0.25) is 0 Å². The number of para-hydroxylation sites is 1. The molecule has 1 N–H and O–H groups in total. The first kappa shape index (κ1) is 18.2. The van der Waals surface area contributed by atoms with Gasteiger partial charge in [-0.25, -0.2) is 4.98 Å². The van der Waals surface area contributed by atoms with E-state index in [-0.39, 0.29) is 12.5 Å². The highest BCUT2D eigenvalue weighted by molar-refractivity contribution is 7.18. The number of benzene rings is 2. The van der Waals surface area contributed by atoms with E-state index in [1.54, 1.807) is 18.4 Å². The number of hydrogen-bond donors (Lipinski definition) is 1. The summed E-state index contributed by atoms with van der Waals surface area (Å²) in [5, 5.41) is 3.98. The van der Waals surface area contributed by atoms with E-state index < -0.39 is 0 Å². The van der Waals surface area contributed by atoms with Crippen LogP contribution >= 0.6 is 11.3 Å². The second kappa shape index (κ2) is 8.67. The molecular formula is C20H22N2O3S. The van der Waals surface area contributed by atoms with E-state index >= 15 is 0 Å². The number of nitrogens with one attached hydrogen (secondary N) is 1. The van der Waals surface area contributed by atoms with Gasteiger partial charge in [0.25, 0.3) is 5.91 Å². The van der Waals surface area contributed by atoms with Gasteiger partial charge in [-0.1, -0.05) is 18.2 Å². The van der Waals surface area contributed by atoms with Gasteiger partial charge < -0.3 is 14.8 Å². The molecule has 3 aromatic rings. The number of methoxy groups -OCH3 is 1. The fourth-order valence-electron chi connectivity index (χ4n) is 2.58. The van der Waals surface area contributed by atoms with E-state index in [2.05, 4.69) is 16.4 Å². The van der Waals surface area contributed by atoms with Crippen LogP contribution in [0.4, 0.5) is 0 Å². The molecule has 1 heterocycles. The molecule has 3 rings (SSSR count). The van der Waals surface area contributed by atoms with Gasteiger partial charge in [-0.05, 0) is 43.2 Å². The molecule has 0 radical (unpaired) electrons. The standard InChI is InChI=1S/C20H22N2O3S/c1-14-9-10-16(17(12-14)24-2)25-13-19(23)21-11-5-8-20-22-15-6-3-4-7-18(15)26-20/h3-4,6-7,9-10,12H,5,8,11,13H2,1-2H3,(H,21,23). The van der Waals surface area contributed by atoms with Gasteiger partial charge in [-0.2, -0.15) is 0 Å². The minimum Gasteiger partial charge on any atom is -0.493 e. The Morgan fingerprint density at radius 3 is 2.85 bits per heavy atom. The first-order chi connectivity index (χ1) is 12.7. The highest BCUT2D eigenvalue weighted by Gasteiger charge is 2.08. The number of rotatable bonds is 8. The highest BCUT2D eigenvalue weighted by Crippen LogP contribution is 2.27. The fourth-order valence-corrected chi connectivity index (χ4v) is 3.59. The number of amides is 1. The molecule has 5 nitrogen and oxygen atoms in total. The van der Waals surface area contributed by atoms with Gasteiger partial charge in [0, 0.05) is 13.0 Å². The summed E-state index contributed by atoms with van der Waals surface area (Å²) < 4.78 is 12.0. The predicted octanol–water partition coefficient (Wildman–Crippen LogP) is 3.74. The van der Waals surface area contributed by atoms with E-state index in [4.69, 9.17) is 9.47 Å². The number of hydrogen-bond acceptors (Lipinski definition) is 5. The Kier molecular flexibility index (Phi) is 6.07. The summed E-state index contributed by atoms with van der Waals surface area (Å²) in [6, 6.07) is 13.7. The second-order valence-corrected chi connectivity index (χ2v) is 7.09. The van der Waals surface area contributed by atoms with E-state index in [9.17, 15) is 4.79 Å². The van der Waals surface area contributed by atoms with Crippen LogP contribution in [0.5, 0.6) is 11.5 Å². The van der Waals surface area contributed by atoms with Crippen molar-refractivity contribution in [2.24, 2.45) is 0 Å². The Morgan fingerprint density at radius 1 is 1.19 bits per heavy atom. The van der Waals surface area contributed by atoms with Crippen molar-refractivity contribution in [1.29, 1.82) is 0 Å². The van der Waals surface area contributed by atoms with Crippen LogP contribution in [0.25, 0.3) is 10.2 Å². The minimum absolute atomic E-state index is 0.0272. The number of nitrogens with zero attached hydrogens (tertiary/aromatic N) is 1.